The predicted molar refractivity (Wildman–Crippen MR) is 117 cm³/mol. The Morgan fingerprint density at radius 2 is 0.920 bits per heavy atom. The van der Waals surface area contributed by atoms with Crippen molar-refractivity contribution in [2.45, 2.75) is 125 Å². The van der Waals surface area contributed by atoms with Gasteiger partial charge < -0.3 is 0 Å². The Hall–Kier alpha value is -0.260. The van der Waals surface area contributed by atoms with E-state index in [4.69, 9.17) is 0 Å². The van der Waals surface area contributed by atoms with Crippen LogP contribution in [0.3, 0.4) is 0 Å². The highest BCUT2D eigenvalue weighted by atomic mass is 14.1. The molecule has 0 saturated carbocycles. The molecule has 0 N–H and O–H groups in total. The zero-order valence-corrected chi connectivity index (χ0v) is 18.7. The van der Waals surface area contributed by atoms with Crippen molar-refractivity contribution in [3.8, 4) is 0 Å². The molecule has 0 aromatic heterocycles. The van der Waals surface area contributed by atoms with Crippen molar-refractivity contribution in [2.75, 3.05) is 0 Å². The predicted octanol–water partition coefficient (Wildman–Crippen LogP) is 9.20. The molecule has 0 bridgehead atoms. The Morgan fingerprint density at radius 1 is 0.560 bits per heavy atom. The average Bonchev–Trinajstić information content (AvgIpc) is 2.51. The van der Waals surface area contributed by atoms with E-state index < -0.39 is 0 Å². The molecule has 25 heavy (non-hydrogen) atoms. The zero-order valence-electron chi connectivity index (χ0n) is 18.7. The molecule has 0 saturated heterocycles. The first-order valence-electron chi connectivity index (χ1n) is 11.5. The number of allylic oxidation sites excluding steroid dienone is 1. The molecule has 0 aliphatic rings. The summed E-state index contributed by atoms with van der Waals surface area (Å²) in [6, 6.07) is 0. The molecule has 0 spiro atoms. The van der Waals surface area contributed by atoms with Crippen molar-refractivity contribution in [1.82, 2.24) is 0 Å². The van der Waals surface area contributed by atoms with Crippen LogP contribution in [0, 0.1) is 23.7 Å². The Balaban J connectivity index is 3.48. The lowest BCUT2D eigenvalue weighted by molar-refractivity contribution is 0.380. The van der Waals surface area contributed by atoms with Crippen LogP contribution in [-0.2, 0) is 0 Å². The molecule has 3 atom stereocenters. The fraction of sp³-hybridized carbons (Fsp3) is 0.920. The first-order chi connectivity index (χ1) is 11.8. The molecular weight excluding hydrogens is 300 g/mol. The van der Waals surface area contributed by atoms with Crippen LogP contribution in [0.2, 0.25) is 0 Å². The summed E-state index contributed by atoms with van der Waals surface area (Å²) in [5.74, 6) is 3.65. The number of unbranched alkanes of at least 4 members (excludes halogenated alkanes) is 1. The highest BCUT2D eigenvalue weighted by molar-refractivity contribution is 4.87. The van der Waals surface area contributed by atoms with Crippen molar-refractivity contribution < 1.29 is 0 Å². The Labute approximate surface area is 161 Å². The van der Waals surface area contributed by atoms with Gasteiger partial charge in [0.05, 0.1) is 0 Å². The van der Waals surface area contributed by atoms with E-state index in [2.05, 4.69) is 48.1 Å². The molecule has 0 amide bonds. The highest BCUT2D eigenvalue weighted by Crippen LogP contribution is 2.23. The van der Waals surface area contributed by atoms with Crippen LogP contribution in [-0.4, -0.2) is 0 Å². The summed E-state index contributed by atoms with van der Waals surface area (Å²) in [7, 11) is 0. The second-order valence-corrected chi connectivity index (χ2v) is 9.70. The third-order valence-corrected chi connectivity index (χ3v) is 5.82. The van der Waals surface area contributed by atoms with E-state index in [1.807, 2.05) is 0 Å². The maximum atomic E-state index is 4.01. The quantitative estimate of drug-likeness (QED) is 0.181. The van der Waals surface area contributed by atoms with Crippen molar-refractivity contribution >= 4 is 0 Å². The van der Waals surface area contributed by atoms with Gasteiger partial charge in [-0.15, -0.1) is 6.58 Å². The molecule has 0 heterocycles. The van der Waals surface area contributed by atoms with E-state index in [9.17, 15) is 0 Å². The van der Waals surface area contributed by atoms with Crippen LogP contribution in [0.25, 0.3) is 0 Å². The average molecular weight is 351 g/mol. The summed E-state index contributed by atoms with van der Waals surface area (Å²) in [5.41, 5.74) is 1.34. The molecule has 0 aliphatic heterocycles. The van der Waals surface area contributed by atoms with Gasteiger partial charge in [-0.1, -0.05) is 111 Å². The third-order valence-electron chi connectivity index (χ3n) is 5.82. The first kappa shape index (κ1) is 24.7. The molecule has 0 nitrogen and oxygen atoms in total. The summed E-state index contributed by atoms with van der Waals surface area (Å²) in [6.45, 7) is 18.2. The maximum Gasteiger partial charge on any atom is -0.0326 e. The van der Waals surface area contributed by atoms with Gasteiger partial charge in [-0.2, -0.15) is 0 Å². The number of hydrogen-bond donors (Lipinski definition) is 0. The molecule has 0 aliphatic carbocycles. The van der Waals surface area contributed by atoms with Gasteiger partial charge in [0.25, 0.3) is 0 Å². The van der Waals surface area contributed by atoms with Gasteiger partial charge in [0.1, 0.15) is 0 Å². The normalized spacial score (nSPS) is 15.3. The van der Waals surface area contributed by atoms with E-state index in [-0.39, 0.29) is 0 Å². The van der Waals surface area contributed by atoms with Gasteiger partial charge in [0, 0.05) is 0 Å². The smallest absolute Gasteiger partial charge is 0.0326 e. The second kappa shape index (κ2) is 16.0. The molecule has 0 fully saturated rings. The summed E-state index contributed by atoms with van der Waals surface area (Å²) < 4.78 is 0. The first-order valence-corrected chi connectivity index (χ1v) is 11.5. The van der Waals surface area contributed by atoms with Gasteiger partial charge in [-0.05, 0) is 43.4 Å². The van der Waals surface area contributed by atoms with Crippen LogP contribution in [0.1, 0.15) is 125 Å². The van der Waals surface area contributed by atoms with Crippen LogP contribution in [0.5, 0.6) is 0 Å². The van der Waals surface area contributed by atoms with Crippen LogP contribution < -0.4 is 0 Å². The van der Waals surface area contributed by atoms with Crippen LogP contribution in [0.15, 0.2) is 12.2 Å². The fourth-order valence-electron chi connectivity index (χ4n) is 3.86. The summed E-state index contributed by atoms with van der Waals surface area (Å²) in [5, 5.41) is 0. The summed E-state index contributed by atoms with van der Waals surface area (Å²) in [4.78, 5) is 0. The number of hydrogen-bond acceptors (Lipinski definition) is 0. The van der Waals surface area contributed by atoms with Gasteiger partial charge in [0.15, 0.2) is 0 Å². The highest BCUT2D eigenvalue weighted by Gasteiger charge is 2.07. The molecule has 0 aromatic carbocycles. The van der Waals surface area contributed by atoms with Gasteiger partial charge in [-0.25, -0.2) is 0 Å². The fourth-order valence-corrected chi connectivity index (χ4v) is 3.86. The standard InChI is InChI=1S/C25H50/c1-21(2)13-10-17-23(5)15-8-9-16-24(6)19-12-20-25(7)18-11-14-22(3)4/h21,23-25H,3,8-20H2,1-2,4-7H3. The molecular formula is C25H50. The SMILES string of the molecule is C=C(C)CCCC(C)CCCC(C)CCCCC(C)CCCC(C)C. The molecule has 150 valence electrons. The molecule has 0 heteroatoms. The lowest BCUT2D eigenvalue weighted by Gasteiger charge is -2.15. The van der Waals surface area contributed by atoms with Gasteiger partial charge in [-0.3, -0.25) is 0 Å². The topological polar surface area (TPSA) is 0 Å². The minimum absolute atomic E-state index is 0.877. The lowest BCUT2D eigenvalue weighted by Crippen LogP contribution is -2.00. The minimum Gasteiger partial charge on any atom is -0.100 e. The van der Waals surface area contributed by atoms with E-state index in [0.717, 1.165) is 23.7 Å². The monoisotopic (exact) mass is 350 g/mol. The molecule has 0 radical (unpaired) electrons. The summed E-state index contributed by atoms with van der Waals surface area (Å²) in [6.07, 6.45) is 18.3. The maximum absolute atomic E-state index is 4.01. The molecule has 3 unspecified atom stereocenters. The van der Waals surface area contributed by atoms with E-state index >= 15 is 0 Å². The van der Waals surface area contributed by atoms with E-state index in [1.54, 1.807) is 0 Å². The zero-order chi connectivity index (χ0) is 19.1. The van der Waals surface area contributed by atoms with Crippen molar-refractivity contribution in [2.24, 2.45) is 23.7 Å². The molecule has 0 rings (SSSR count). The van der Waals surface area contributed by atoms with E-state index in [0.29, 0.717) is 0 Å². The Kier molecular flexibility index (Phi) is 15.8. The van der Waals surface area contributed by atoms with Crippen molar-refractivity contribution in [1.29, 1.82) is 0 Å². The largest absolute Gasteiger partial charge is 0.100 e. The second-order valence-electron chi connectivity index (χ2n) is 9.70. The van der Waals surface area contributed by atoms with Crippen LogP contribution >= 0.6 is 0 Å². The Morgan fingerprint density at radius 3 is 1.32 bits per heavy atom. The van der Waals surface area contributed by atoms with E-state index in [1.165, 1.54) is 89.0 Å². The summed E-state index contributed by atoms with van der Waals surface area (Å²) >= 11 is 0. The van der Waals surface area contributed by atoms with Crippen molar-refractivity contribution in [3.63, 3.8) is 0 Å². The minimum atomic E-state index is 0.877. The number of rotatable bonds is 17. The van der Waals surface area contributed by atoms with Gasteiger partial charge >= 0.3 is 0 Å². The lowest BCUT2D eigenvalue weighted by atomic mass is 9.91. The molecule has 0 aromatic rings. The van der Waals surface area contributed by atoms with Gasteiger partial charge in [0.2, 0.25) is 0 Å². The third kappa shape index (κ3) is 18.3. The van der Waals surface area contributed by atoms with Crippen molar-refractivity contribution in [3.05, 3.63) is 12.2 Å². The Bertz CT molecular complexity index is 301. The van der Waals surface area contributed by atoms with Crippen LogP contribution in [0.4, 0.5) is 0 Å².